The lowest BCUT2D eigenvalue weighted by Crippen LogP contribution is -2.38. The standard InChI is InChI=1S/C17H23N3O3.ClH/c1-3-18-12(2)10-19-17(23)14-6-4-13(5-7-14)11-20-15(21)8-9-16(20)22;/h4-7,12,18H,3,8-11H2,1-2H3,(H,19,23);1H/t12-;/m1./s1. The van der Waals surface area contributed by atoms with Gasteiger partial charge < -0.3 is 10.6 Å². The third-order valence-corrected chi connectivity index (χ3v) is 3.83. The molecule has 2 rings (SSSR count). The summed E-state index contributed by atoms with van der Waals surface area (Å²) in [5.41, 5.74) is 1.41. The van der Waals surface area contributed by atoms with Crippen molar-refractivity contribution in [2.75, 3.05) is 13.1 Å². The predicted molar refractivity (Wildman–Crippen MR) is 94.0 cm³/mol. The van der Waals surface area contributed by atoms with E-state index in [2.05, 4.69) is 10.6 Å². The molecule has 132 valence electrons. The van der Waals surface area contributed by atoms with Crippen molar-refractivity contribution in [3.05, 3.63) is 35.4 Å². The molecule has 3 amide bonds. The zero-order chi connectivity index (χ0) is 16.8. The van der Waals surface area contributed by atoms with Gasteiger partial charge in [0.2, 0.25) is 11.8 Å². The van der Waals surface area contributed by atoms with Crippen LogP contribution < -0.4 is 10.6 Å². The summed E-state index contributed by atoms with van der Waals surface area (Å²) in [5.74, 6) is -0.391. The van der Waals surface area contributed by atoms with Crippen LogP contribution in [0.2, 0.25) is 0 Å². The van der Waals surface area contributed by atoms with Gasteiger partial charge in [0, 0.05) is 31.0 Å². The van der Waals surface area contributed by atoms with Crippen molar-refractivity contribution in [2.24, 2.45) is 0 Å². The third-order valence-electron chi connectivity index (χ3n) is 3.83. The van der Waals surface area contributed by atoms with Crippen LogP contribution in [0, 0.1) is 0 Å². The Labute approximate surface area is 148 Å². The van der Waals surface area contributed by atoms with Gasteiger partial charge >= 0.3 is 0 Å². The van der Waals surface area contributed by atoms with Crippen LogP contribution in [-0.2, 0) is 16.1 Å². The average molecular weight is 354 g/mol. The molecule has 0 radical (unpaired) electrons. The summed E-state index contributed by atoms with van der Waals surface area (Å²) >= 11 is 0. The van der Waals surface area contributed by atoms with Crippen molar-refractivity contribution < 1.29 is 14.4 Å². The summed E-state index contributed by atoms with van der Waals surface area (Å²) in [4.78, 5) is 36.5. The van der Waals surface area contributed by atoms with Crippen molar-refractivity contribution in [3.8, 4) is 0 Å². The summed E-state index contributed by atoms with van der Waals surface area (Å²) in [6, 6.07) is 7.21. The lowest BCUT2D eigenvalue weighted by atomic mass is 10.1. The number of hydrogen-bond acceptors (Lipinski definition) is 4. The summed E-state index contributed by atoms with van der Waals surface area (Å²) in [6.07, 6.45) is 0.590. The highest BCUT2D eigenvalue weighted by atomic mass is 35.5. The molecule has 0 spiro atoms. The van der Waals surface area contributed by atoms with Crippen LogP contribution in [0.25, 0.3) is 0 Å². The first-order valence-electron chi connectivity index (χ1n) is 7.95. The Morgan fingerprint density at radius 2 is 1.75 bits per heavy atom. The van der Waals surface area contributed by atoms with Gasteiger partial charge in [-0.15, -0.1) is 12.4 Å². The third kappa shape index (κ3) is 5.32. The molecule has 7 heteroatoms. The monoisotopic (exact) mass is 353 g/mol. The van der Waals surface area contributed by atoms with Crippen LogP contribution >= 0.6 is 12.4 Å². The Morgan fingerprint density at radius 3 is 2.29 bits per heavy atom. The van der Waals surface area contributed by atoms with Crippen LogP contribution in [0.3, 0.4) is 0 Å². The maximum Gasteiger partial charge on any atom is 0.251 e. The van der Waals surface area contributed by atoms with Crippen LogP contribution in [0.5, 0.6) is 0 Å². The Balaban J connectivity index is 0.00000288. The van der Waals surface area contributed by atoms with Gasteiger partial charge in [0.25, 0.3) is 5.91 Å². The van der Waals surface area contributed by atoms with Crippen molar-refractivity contribution in [1.82, 2.24) is 15.5 Å². The van der Waals surface area contributed by atoms with E-state index in [9.17, 15) is 14.4 Å². The van der Waals surface area contributed by atoms with Gasteiger partial charge in [-0.3, -0.25) is 19.3 Å². The number of likely N-dealkylation sites (N-methyl/N-ethyl adjacent to an activating group) is 1. The number of nitrogens with one attached hydrogen (secondary N) is 2. The molecular formula is C17H24ClN3O3. The van der Waals surface area contributed by atoms with E-state index in [0.717, 1.165) is 12.1 Å². The fraction of sp³-hybridized carbons (Fsp3) is 0.471. The molecule has 0 aromatic heterocycles. The minimum absolute atomic E-state index is 0. The minimum atomic E-state index is -0.130. The summed E-state index contributed by atoms with van der Waals surface area (Å²) in [5, 5.41) is 6.10. The number of amides is 3. The normalized spacial score (nSPS) is 15.2. The molecule has 0 aliphatic carbocycles. The number of hydrogen-bond donors (Lipinski definition) is 2. The van der Waals surface area contributed by atoms with Crippen molar-refractivity contribution >= 4 is 30.1 Å². The second-order valence-corrected chi connectivity index (χ2v) is 5.74. The van der Waals surface area contributed by atoms with Crippen LogP contribution in [0.4, 0.5) is 0 Å². The zero-order valence-electron chi connectivity index (χ0n) is 14.0. The molecule has 1 saturated heterocycles. The molecule has 0 saturated carbocycles. The van der Waals surface area contributed by atoms with Gasteiger partial charge in [-0.1, -0.05) is 19.1 Å². The Morgan fingerprint density at radius 1 is 1.17 bits per heavy atom. The van der Waals surface area contributed by atoms with Gasteiger partial charge in [-0.25, -0.2) is 0 Å². The van der Waals surface area contributed by atoms with E-state index in [1.165, 1.54) is 4.90 Å². The Hall–Kier alpha value is -1.92. The maximum absolute atomic E-state index is 12.1. The van der Waals surface area contributed by atoms with Gasteiger partial charge in [-0.2, -0.15) is 0 Å². The van der Waals surface area contributed by atoms with E-state index in [1.807, 2.05) is 13.8 Å². The van der Waals surface area contributed by atoms with Crippen molar-refractivity contribution in [2.45, 2.75) is 39.3 Å². The maximum atomic E-state index is 12.1. The first-order valence-corrected chi connectivity index (χ1v) is 7.95. The van der Waals surface area contributed by atoms with Gasteiger partial charge in [0.15, 0.2) is 0 Å². The highest BCUT2D eigenvalue weighted by Gasteiger charge is 2.28. The SMILES string of the molecule is CCN[C@H](C)CNC(=O)c1ccc(CN2C(=O)CCC2=O)cc1.Cl. The number of carbonyl (C=O) groups is 3. The Kier molecular flexibility index (Phi) is 7.88. The number of imide groups is 1. The fourth-order valence-corrected chi connectivity index (χ4v) is 2.51. The molecular weight excluding hydrogens is 330 g/mol. The lowest BCUT2D eigenvalue weighted by Gasteiger charge is -2.15. The highest BCUT2D eigenvalue weighted by Crippen LogP contribution is 2.16. The topological polar surface area (TPSA) is 78.5 Å². The molecule has 1 atom stereocenters. The fourth-order valence-electron chi connectivity index (χ4n) is 2.51. The van der Waals surface area contributed by atoms with E-state index >= 15 is 0 Å². The molecule has 1 heterocycles. The molecule has 0 unspecified atom stereocenters. The molecule has 24 heavy (non-hydrogen) atoms. The van der Waals surface area contributed by atoms with Gasteiger partial charge in [-0.05, 0) is 31.2 Å². The van der Waals surface area contributed by atoms with Crippen LogP contribution in [-0.4, -0.2) is 41.8 Å². The number of carbonyl (C=O) groups excluding carboxylic acids is 3. The van der Waals surface area contributed by atoms with Crippen molar-refractivity contribution in [3.63, 3.8) is 0 Å². The quantitative estimate of drug-likeness (QED) is 0.728. The molecule has 2 N–H and O–H groups in total. The Bertz CT molecular complexity index is 573. The first-order chi connectivity index (χ1) is 11.0. The largest absolute Gasteiger partial charge is 0.350 e. The number of halogens is 1. The van der Waals surface area contributed by atoms with Crippen LogP contribution in [0.15, 0.2) is 24.3 Å². The smallest absolute Gasteiger partial charge is 0.251 e. The molecule has 1 aromatic carbocycles. The van der Waals surface area contributed by atoms with E-state index in [-0.39, 0.29) is 42.7 Å². The number of likely N-dealkylation sites (tertiary alicyclic amines) is 1. The molecule has 1 aliphatic heterocycles. The molecule has 1 aromatic rings. The summed E-state index contributed by atoms with van der Waals surface area (Å²) in [7, 11) is 0. The number of benzene rings is 1. The minimum Gasteiger partial charge on any atom is -0.350 e. The van der Waals surface area contributed by atoms with Gasteiger partial charge in [0.05, 0.1) is 6.54 Å². The molecule has 1 fully saturated rings. The van der Waals surface area contributed by atoms with E-state index < -0.39 is 0 Å². The molecule has 6 nitrogen and oxygen atoms in total. The van der Waals surface area contributed by atoms with E-state index in [1.54, 1.807) is 24.3 Å². The lowest BCUT2D eigenvalue weighted by molar-refractivity contribution is -0.139. The van der Waals surface area contributed by atoms with E-state index in [4.69, 9.17) is 0 Å². The second kappa shape index (κ2) is 9.39. The zero-order valence-corrected chi connectivity index (χ0v) is 14.8. The first kappa shape index (κ1) is 20.1. The average Bonchev–Trinajstić information content (AvgIpc) is 2.85. The van der Waals surface area contributed by atoms with E-state index in [0.29, 0.717) is 24.9 Å². The highest BCUT2D eigenvalue weighted by molar-refractivity contribution is 6.01. The molecule has 1 aliphatic rings. The van der Waals surface area contributed by atoms with Gasteiger partial charge in [0.1, 0.15) is 0 Å². The summed E-state index contributed by atoms with van der Waals surface area (Å²) in [6.45, 7) is 5.73. The predicted octanol–water partition coefficient (Wildman–Crippen LogP) is 1.49. The van der Waals surface area contributed by atoms with Crippen molar-refractivity contribution in [1.29, 1.82) is 0 Å². The number of rotatable bonds is 7. The number of nitrogens with zero attached hydrogens (tertiary/aromatic N) is 1. The van der Waals surface area contributed by atoms with Crippen LogP contribution in [0.1, 0.15) is 42.6 Å². The summed E-state index contributed by atoms with van der Waals surface area (Å²) < 4.78 is 0. The second-order valence-electron chi connectivity index (χ2n) is 5.74. The molecule has 0 bridgehead atoms.